The van der Waals surface area contributed by atoms with E-state index in [0.29, 0.717) is 31.7 Å². The molecule has 3 aromatic rings. The van der Waals surface area contributed by atoms with E-state index >= 15 is 0 Å². The Kier molecular flexibility index (Phi) is 5.98. The van der Waals surface area contributed by atoms with Crippen molar-refractivity contribution in [1.82, 2.24) is 13.8 Å². The fraction of sp³-hybridized carbons (Fsp3) is 0.292. The molecule has 2 aromatic carbocycles. The fourth-order valence-corrected chi connectivity index (χ4v) is 5.57. The summed E-state index contributed by atoms with van der Waals surface area (Å²) < 4.78 is 29.1. The van der Waals surface area contributed by atoms with Gasteiger partial charge in [0.15, 0.2) is 0 Å². The summed E-state index contributed by atoms with van der Waals surface area (Å²) in [5.74, 6) is -0.0748. The van der Waals surface area contributed by atoms with Gasteiger partial charge in [0.05, 0.1) is 5.75 Å². The molecule has 1 amide bonds. The third kappa shape index (κ3) is 4.57. The molecule has 1 aromatic heterocycles. The number of rotatable bonds is 5. The summed E-state index contributed by atoms with van der Waals surface area (Å²) in [7, 11) is -3.40. The predicted molar refractivity (Wildman–Crippen MR) is 122 cm³/mol. The van der Waals surface area contributed by atoms with Gasteiger partial charge in [-0.1, -0.05) is 30.3 Å². The van der Waals surface area contributed by atoms with Crippen LogP contribution >= 0.6 is 0 Å². The summed E-state index contributed by atoms with van der Waals surface area (Å²) in [5.41, 5.74) is 4.70. The van der Waals surface area contributed by atoms with Crippen LogP contribution in [0.25, 0.3) is 5.69 Å². The lowest BCUT2D eigenvalue weighted by molar-refractivity contribution is 0.0698. The van der Waals surface area contributed by atoms with Gasteiger partial charge in [-0.2, -0.15) is 4.31 Å². The highest BCUT2D eigenvalue weighted by molar-refractivity contribution is 7.88. The third-order valence-corrected chi connectivity index (χ3v) is 7.60. The molecule has 0 saturated carbocycles. The van der Waals surface area contributed by atoms with Crippen LogP contribution in [0, 0.1) is 13.8 Å². The van der Waals surface area contributed by atoms with E-state index in [1.54, 1.807) is 4.90 Å². The number of piperazine rings is 1. The zero-order valence-electron chi connectivity index (χ0n) is 17.9. The molecule has 1 aliphatic heterocycles. The Labute approximate surface area is 183 Å². The van der Waals surface area contributed by atoms with Crippen LogP contribution in [0.5, 0.6) is 0 Å². The van der Waals surface area contributed by atoms with Gasteiger partial charge in [-0.3, -0.25) is 4.79 Å². The van der Waals surface area contributed by atoms with Crippen LogP contribution < -0.4 is 0 Å². The van der Waals surface area contributed by atoms with Crippen LogP contribution in [0.4, 0.5) is 0 Å². The first-order valence-electron chi connectivity index (χ1n) is 10.4. The number of benzene rings is 2. The number of sulfonamides is 1. The monoisotopic (exact) mass is 437 g/mol. The summed E-state index contributed by atoms with van der Waals surface area (Å²) in [5, 5.41) is 0. The van der Waals surface area contributed by atoms with Gasteiger partial charge in [-0.05, 0) is 55.8 Å². The van der Waals surface area contributed by atoms with E-state index < -0.39 is 10.0 Å². The van der Waals surface area contributed by atoms with Crippen molar-refractivity contribution in [3.8, 4) is 5.69 Å². The minimum atomic E-state index is -3.40. The Bertz CT molecular complexity index is 1140. The van der Waals surface area contributed by atoms with Gasteiger partial charge >= 0.3 is 0 Å². The molecule has 1 aliphatic rings. The van der Waals surface area contributed by atoms with E-state index in [9.17, 15) is 13.2 Å². The Morgan fingerprint density at radius 2 is 1.39 bits per heavy atom. The number of carbonyl (C=O) groups is 1. The maximum atomic E-state index is 12.9. The molecule has 0 unspecified atom stereocenters. The van der Waals surface area contributed by atoms with Gasteiger partial charge in [-0.15, -0.1) is 0 Å². The number of hydrogen-bond donors (Lipinski definition) is 0. The smallest absolute Gasteiger partial charge is 0.253 e. The number of carbonyl (C=O) groups excluding carboxylic acids is 1. The molecule has 0 bridgehead atoms. The van der Waals surface area contributed by atoms with Crippen LogP contribution in [-0.2, 0) is 15.8 Å². The van der Waals surface area contributed by atoms with Crippen molar-refractivity contribution >= 4 is 15.9 Å². The maximum absolute atomic E-state index is 12.9. The number of aromatic nitrogens is 1. The minimum absolute atomic E-state index is 0.0124. The Hall–Kier alpha value is -2.90. The van der Waals surface area contributed by atoms with E-state index in [1.165, 1.54) is 4.31 Å². The van der Waals surface area contributed by atoms with Crippen LogP contribution in [0.3, 0.4) is 0 Å². The second-order valence-electron chi connectivity index (χ2n) is 7.93. The van der Waals surface area contributed by atoms with Crippen LogP contribution in [-0.4, -0.2) is 54.3 Å². The molecular formula is C24H27N3O3S. The fourth-order valence-electron chi connectivity index (χ4n) is 4.06. The first-order valence-corrected chi connectivity index (χ1v) is 12.0. The largest absolute Gasteiger partial charge is 0.336 e. The van der Waals surface area contributed by atoms with Crippen molar-refractivity contribution in [2.24, 2.45) is 0 Å². The maximum Gasteiger partial charge on any atom is 0.253 e. The zero-order chi connectivity index (χ0) is 22.0. The number of nitrogens with zero attached hydrogens (tertiary/aromatic N) is 3. The third-order valence-electron chi connectivity index (χ3n) is 5.75. The topological polar surface area (TPSA) is 62.6 Å². The predicted octanol–water partition coefficient (Wildman–Crippen LogP) is 3.38. The van der Waals surface area contributed by atoms with E-state index in [2.05, 4.69) is 30.5 Å². The van der Waals surface area contributed by atoms with E-state index in [1.807, 2.05) is 54.6 Å². The molecule has 0 N–H and O–H groups in total. The molecule has 31 heavy (non-hydrogen) atoms. The molecule has 7 heteroatoms. The molecule has 0 radical (unpaired) electrons. The molecule has 4 rings (SSSR count). The number of hydrogen-bond acceptors (Lipinski definition) is 3. The van der Waals surface area contributed by atoms with Gasteiger partial charge < -0.3 is 9.47 Å². The lowest BCUT2D eigenvalue weighted by Crippen LogP contribution is -2.50. The summed E-state index contributed by atoms with van der Waals surface area (Å²) in [4.78, 5) is 14.7. The van der Waals surface area contributed by atoms with E-state index in [-0.39, 0.29) is 11.7 Å². The molecular weight excluding hydrogens is 410 g/mol. The molecule has 2 heterocycles. The van der Waals surface area contributed by atoms with Gasteiger partial charge in [0.25, 0.3) is 5.91 Å². The van der Waals surface area contributed by atoms with E-state index in [0.717, 1.165) is 22.6 Å². The van der Waals surface area contributed by atoms with Gasteiger partial charge in [0, 0.05) is 48.8 Å². The van der Waals surface area contributed by atoms with Crippen molar-refractivity contribution < 1.29 is 13.2 Å². The van der Waals surface area contributed by atoms with Crippen LogP contribution in [0.15, 0.2) is 66.7 Å². The molecule has 6 nitrogen and oxygen atoms in total. The Morgan fingerprint density at radius 1 is 0.806 bits per heavy atom. The summed E-state index contributed by atoms with van der Waals surface area (Å²) >= 11 is 0. The van der Waals surface area contributed by atoms with Gasteiger partial charge in [0.2, 0.25) is 10.0 Å². The molecule has 0 spiro atoms. The second kappa shape index (κ2) is 8.69. The first kappa shape index (κ1) is 21.3. The van der Waals surface area contributed by atoms with E-state index in [4.69, 9.17) is 0 Å². The number of aryl methyl sites for hydroxylation is 2. The highest BCUT2D eigenvalue weighted by Crippen LogP contribution is 2.19. The molecule has 1 fully saturated rings. The average molecular weight is 438 g/mol. The highest BCUT2D eigenvalue weighted by Gasteiger charge is 2.29. The van der Waals surface area contributed by atoms with Crippen molar-refractivity contribution in [3.05, 3.63) is 89.2 Å². The highest BCUT2D eigenvalue weighted by atomic mass is 32.2. The average Bonchev–Trinajstić information content (AvgIpc) is 3.12. The van der Waals surface area contributed by atoms with Crippen molar-refractivity contribution in [2.45, 2.75) is 19.6 Å². The minimum Gasteiger partial charge on any atom is -0.336 e. The normalized spacial score (nSPS) is 15.2. The second-order valence-corrected chi connectivity index (χ2v) is 9.90. The summed E-state index contributed by atoms with van der Waals surface area (Å²) in [6.07, 6.45) is 0. The molecule has 0 atom stereocenters. The van der Waals surface area contributed by atoms with Crippen molar-refractivity contribution in [3.63, 3.8) is 0 Å². The number of amides is 1. The van der Waals surface area contributed by atoms with Crippen molar-refractivity contribution in [2.75, 3.05) is 26.2 Å². The summed E-state index contributed by atoms with van der Waals surface area (Å²) in [6.45, 7) is 5.53. The van der Waals surface area contributed by atoms with Crippen LogP contribution in [0.1, 0.15) is 27.3 Å². The molecule has 1 saturated heterocycles. The quantitative estimate of drug-likeness (QED) is 0.615. The zero-order valence-corrected chi connectivity index (χ0v) is 18.7. The first-order chi connectivity index (χ1) is 14.8. The molecule has 162 valence electrons. The van der Waals surface area contributed by atoms with Gasteiger partial charge in [0.1, 0.15) is 0 Å². The Morgan fingerprint density at radius 3 is 1.97 bits per heavy atom. The summed E-state index contributed by atoms with van der Waals surface area (Å²) in [6, 6.07) is 20.9. The Balaban J connectivity index is 1.39. The lowest BCUT2D eigenvalue weighted by atomic mass is 10.1. The standard InChI is InChI=1S/C24H27N3O3S/c1-19-8-9-20(2)27(19)23-12-10-22(11-13-23)24(28)25-14-16-26(17-15-25)31(29,30)18-21-6-4-3-5-7-21/h3-13H,14-18H2,1-2H3. The van der Waals surface area contributed by atoms with Gasteiger partial charge in [-0.25, -0.2) is 8.42 Å². The van der Waals surface area contributed by atoms with Crippen LogP contribution in [0.2, 0.25) is 0 Å². The molecule has 0 aliphatic carbocycles. The SMILES string of the molecule is Cc1ccc(C)n1-c1ccc(C(=O)N2CCN(S(=O)(=O)Cc3ccccc3)CC2)cc1. The lowest BCUT2D eigenvalue weighted by Gasteiger charge is -2.34. The van der Waals surface area contributed by atoms with Crippen molar-refractivity contribution in [1.29, 1.82) is 0 Å².